The number of amides is 1. The molecule has 0 aliphatic rings. The zero-order valence-electron chi connectivity index (χ0n) is 10.3. The highest BCUT2D eigenvalue weighted by Gasteiger charge is 2.18. The lowest BCUT2D eigenvalue weighted by atomic mass is 10.2. The van der Waals surface area contributed by atoms with Gasteiger partial charge in [-0.2, -0.15) is 0 Å². The van der Waals surface area contributed by atoms with E-state index in [1.165, 1.54) is 0 Å². The first-order valence-corrected chi connectivity index (χ1v) is 5.22. The Kier molecular flexibility index (Phi) is 3.90. The van der Waals surface area contributed by atoms with Gasteiger partial charge in [-0.25, -0.2) is 14.0 Å². The average molecular weight is 255 g/mol. The van der Waals surface area contributed by atoms with Gasteiger partial charge in [0.2, 0.25) is 0 Å². The first-order chi connectivity index (χ1) is 8.19. The van der Waals surface area contributed by atoms with Crippen LogP contribution in [0.25, 0.3) is 0 Å². The molecule has 0 aromatic heterocycles. The summed E-state index contributed by atoms with van der Waals surface area (Å²) in [7, 11) is 0. The number of hydrogen-bond donors (Lipinski definition) is 2. The molecule has 0 aliphatic heterocycles. The summed E-state index contributed by atoms with van der Waals surface area (Å²) in [5.41, 5.74) is -1.07. The Labute approximate surface area is 104 Å². The number of rotatable bonds is 2. The van der Waals surface area contributed by atoms with Crippen LogP contribution in [-0.4, -0.2) is 22.8 Å². The molecule has 0 saturated carbocycles. The van der Waals surface area contributed by atoms with Crippen LogP contribution in [0.5, 0.6) is 0 Å². The lowest BCUT2D eigenvalue weighted by Gasteiger charge is -2.19. The van der Waals surface area contributed by atoms with Crippen molar-refractivity contribution in [3.05, 3.63) is 29.6 Å². The SMILES string of the molecule is CC(C)(C)OC(=O)Nc1cc(C(=O)O)ccc1F. The van der Waals surface area contributed by atoms with Crippen molar-refractivity contribution in [2.75, 3.05) is 5.32 Å². The predicted octanol–water partition coefficient (Wildman–Crippen LogP) is 2.87. The van der Waals surface area contributed by atoms with Gasteiger partial charge in [-0.1, -0.05) is 0 Å². The number of hydrogen-bond acceptors (Lipinski definition) is 3. The van der Waals surface area contributed by atoms with Crippen LogP contribution in [0.2, 0.25) is 0 Å². The number of anilines is 1. The van der Waals surface area contributed by atoms with Crippen molar-refractivity contribution in [2.24, 2.45) is 0 Å². The van der Waals surface area contributed by atoms with Crippen LogP contribution in [0.15, 0.2) is 18.2 Å². The fraction of sp³-hybridized carbons (Fsp3) is 0.333. The van der Waals surface area contributed by atoms with Crippen LogP contribution >= 0.6 is 0 Å². The van der Waals surface area contributed by atoms with Crippen molar-refractivity contribution in [3.63, 3.8) is 0 Å². The third-order valence-electron chi connectivity index (χ3n) is 1.85. The van der Waals surface area contributed by atoms with Gasteiger partial charge < -0.3 is 9.84 Å². The van der Waals surface area contributed by atoms with Crippen molar-refractivity contribution < 1.29 is 23.8 Å². The maximum absolute atomic E-state index is 13.4. The van der Waals surface area contributed by atoms with Crippen molar-refractivity contribution >= 4 is 17.7 Å². The number of aromatic carboxylic acids is 1. The molecule has 6 heteroatoms. The molecule has 0 bridgehead atoms. The highest BCUT2D eigenvalue weighted by atomic mass is 19.1. The number of carboxylic acids is 1. The third-order valence-corrected chi connectivity index (χ3v) is 1.85. The molecule has 0 heterocycles. The van der Waals surface area contributed by atoms with Gasteiger partial charge >= 0.3 is 12.1 Å². The van der Waals surface area contributed by atoms with E-state index in [0.29, 0.717) is 0 Å². The quantitative estimate of drug-likeness (QED) is 0.852. The Morgan fingerprint density at radius 2 is 1.94 bits per heavy atom. The van der Waals surface area contributed by atoms with Gasteiger partial charge in [0.1, 0.15) is 11.4 Å². The molecule has 0 radical (unpaired) electrons. The summed E-state index contributed by atoms with van der Waals surface area (Å²) in [5, 5.41) is 10.9. The second-order valence-corrected chi connectivity index (χ2v) is 4.63. The number of carbonyl (C=O) groups is 2. The van der Waals surface area contributed by atoms with Gasteiger partial charge in [0, 0.05) is 0 Å². The lowest BCUT2D eigenvalue weighted by Crippen LogP contribution is -2.27. The molecule has 1 amide bonds. The molecule has 0 fully saturated rings. The van der Waals surface area contributed by atoms with Gasteiger partial charge in [-0.05, 0) is 39.0 Å². The minimum atomic E-state index is -1.21. The Morgan fingerprint density at radius 1 is 1.33 bits per heavy atom. The molecular formula is C12H14FNO4. The number of carboxylic acid groups (broad SMARTS) is 1. The highest BCUT2D eigenvalue weighted by Crippen LogP contribution is 2.17. The molecule has 0 spiro atoms. The van der Waals surface area contributed by atoms with Gasteiger partial charge in [-0.15, -0.1) is 0 Å². The van der Waals surface area contributed by atoms with Crippen LogP contribution in [0.1, 0.15) is 31.1 Å². The summed E-state index contributed by atoms with van der Waals surface area (Å²) in [6.07, 6.45) is -0.844. The summed E-state index contributed by atoms with van der Waals surface area (Å²) in [4.78, 5) is 22.1. The molecule has 98 valence electrons. The number of carbonyl (C=O) groups excluding carboxylic acids is 1. The third kappa shape index (κ3) is 4.04. The fourth-order valence-electron chi connectivity index (χ4n) is 1.17. The summed E-state index contributed by atoms with van der Waals surface area (Å²) in [5.74, 6) is -1.94. The number of halogens is 1. The average Bonchev–Trinajstić information content (AvgIpc) is 2.18. The van der Waals surface area contributed by atoms with Crippen LogP contribution in [0.3, 0.4) is 0 Å². The van der Waals surface area contributed by atoms with E-state index < -0.39 is 23.5 Å². The van der Waals surface area contributed by atoms with E-state index in [1.54, 1.807) is 20.8 Å². The second kappa shape index (κ2) is 5.03. The largest absolute Gasteiger partial charge is 0.478 e. The standard InChI is InChI=1S/C12H14FNO4/c1-12(2,3)18-11(17)14-9-6-7(10(15)16)4-5-8(9)13/h4-6H,1-3H3,(H,14,17)(H,15,16). The molecule has 0 aliphatic carbocycles. The number of ether oxygens (including phenoxy) is 1. The Bertz CT molecular complexity index is 479. The second-order valence-electron chi connectivity index (χ2n) is 4.63. The van der Waals surface area contributed by atoms with Crippen molar-refractivity contribution in [1.29, 1.82) is 0 Å². The van der Waals surface area contributed by atoms with E-state index in [9.17, 15) is 14.0 Å². The minimum Gasteiger partial charge on any atom is -0.478 e. The Balaban J connectivity index is 2.87. The molecule has 1 rings (SSSR count). The van der Waals surface area contributed by atoms with Crippen molar-refractivity contribution in [3.8, 4) is 0 Å². The smallest absolute Gasteiger partial charge is 0.412 e. The van der Waals surface area contributed by atoms with E-state index in [1.807, 2.05) is 0 Å². The van der Waals surface area contributed by atoms with E-state index in [0.717, 1.165) is 18.2 Å². The number of nitrogens with one attached hydrogen (secondary N) is 1. The fourth-order valence-corrected chi connectivity index (χ4v) is 1.17. The van der Waals surface area contributed by atoms with Gasteiger partial charge in [0.25, 0.3) is 0 Å². The number of benzene rings is 1. The molecule has 2 N–H and O–H groups in total. The van der Waals surface area contributed by atoms with Gasteiger partial charge in [0.15, 0.2) is 0 Å². The summed E-state index contributed by atoms with van der Waals surface area (Å²) in [6, 6.07) is 3.11. The molecular weight excluding hydrogens is 241 g/mol. The van der Waals surface area contributed by atoms with Crippen LogP contribution in [0.4, 0.5) is 14.9 Å². The first-order valence-electron chi connectivity index (χ1n) is 5.22. The molecule has 1 aromatic rings. The van der Waals surface area contributed by atoms with E-state index in [-0.39, 0.29) is 11.3 Å². The predicted molar refractivity (Wildman–Crippen MR) is 63.2 cm³/mol. The Hall–Kier alpha value is -2.11. The summed E-state index contributed by atoms with van der Waals surface area (Å²) in [6.45, 7) is 4.99. The zero-order valence-corrected chi connectivity index (χ0v) is 10.3. The molecule has 1 aromatic carbocycles. The normalized spacial score (nSPS) is 10.9. The van der Waals surface area contributed by atoms with E-state index >= 15 is 0 Å². The van der Waals surface area contributed by atoms with Gasteiger partial charge in [-0.3, -0.25) is 5.32 Å². The van der Waals surface area contributed by atoms with Gasteiger partial charge in [0.05, 0.1) is 11.3 Å². The summed E-state index contributed by atoms with van der Waals surface area (Å²) < 4.78 is 18.3. The topological polar surface area (TPSA) is 75.6 Å². The lowest BCUT2D eigenvalue weighted by molar-refractivity contribution is 0.0632. The van der Waals surface area contributed by atoms with Crippen molar-refractivity contribution in [1.82, 2.24) is 0 Å². The van der Waals surface area contributed by atoms with E-state index in [2.05, 4.69) is 5.32 Å². The van der Waals surface area contributed by atoms with Crippen molar-refractivity contribution in [2.45, 2.75) is 26.4 Å². The highest BCUT2D eigenvalue weighted by molar-refractivity contribution is 5.91. The maximum Gasteiger partial charge on any atom is 0.412 e. The monoisotopic (exact) mass is 255 g/mol. The summed E-state index contributed by atoms with van der Waals surface area (Å²) >= 11 is 0. The molecule has 0 atom stereocenters. The minimum absolute atomic E-state index is 0.123. The van der Waals surface area contributed by atoms with Crippen LogP contribution in [0, 0.1) is 5.82 Å². The zero-order chi connectivity index (χ0) is 13.9. The molecule has 5 nitrogen and oxygen atoms in total. The maximum atomic E-state index is 13.4. The Morgan fingerprint density at radius 3 is 2.44 bits per heavy atom. The van der Waals surface area contributed by atoms with Crippen LogP contribution in [-0.2, 0) is 4.74 Å². The first kappa shape index (κ1) is 14.0. The van der Waals surface area contributed by atoms with Crippen LogP contribution < -0.4 is 5.32 Å². The molecule has 0 unspecified atom stereocenters. The molecule has 18 heavy (non-hydrogen) atoms. The molecule has 0 saturated heterocycles. The van der Waals surface area contributed by atoms with E-state index in [4.69, 9.17) is 9.84 Å².